The van der Waals surface area contributed by atoms with E-state index in [4.69, 9.17) is 0 Å². The Balaban J connectivity index is 1.53. The molecule has 23 heavy (non-hydrogen) atoms. The molecule has 9 nitrogen and oxygen atoms in total. The number of H-pyrrole nitrogens is 1. The molecule has 4 rings (SSSR count). The maximum atomic E-state index is 13.0. The molecule has 1 aliphatic rings. The Bertz CT molecular complexity index is 920. The third-order valence-electron chi connectivity index (χ3n) is 3.65. The van der Waals surface area contributed by atoms with Crippen LogP contribution < -0.4 is 5.69 Å². The SMILES string of the molecule is Cn1nc(Cn2cc(-c3ccn(C4CC4(F)F)n3)nn2)[nH]c1=O. The number of aromatic amines is 1. The maximum absolute atomic E-state index is 13.0. The van der Waals surface area contributed by atoms with Gasteiger partial charge in [-0.1, -0.05) is 5.21 Å². The van der Waals surface area contributed by atoms with Crippen LogP contribution in [0.1, 0.15) is 18.3 Å². The van der Waals surface area contributed by atoms with Crippen molar-refractivity contribution in [3.05, 3.63) is 34.8 Å². The van der Waals surface area contributed by atoms with E-state index in [9.17, 15) is 13.6 Å². The van der Waals surface area contributed by atoms with Crippen molar-refractivity contribution in [3.63, 3.8) is 0 Å². The van der Waals surface area contributed by atoms with Gasteiger partial charge in [-0.3, -0.25) is 9.67 Å². The third kappa shape index (κ3) is 2.43. The van der Waals surface area contributed by atoms with Gasteiger partial charge in [-0.15, -0.1) is 5.10 Å². The molecule has 0 amide bonds. The summed E-state index contributed by atoms with van der Waals surface area (Å²) in [5, 5.41) is 16.0. The topological polar surface area (TPSA) is 99.2 Å². The van der Waals surface area contributed by atoms with Crippen LogP contribution in [0, 0.1) is 0 Å². The first kappa shape index (κ1) is 13.8. The molecule has 0 radical (unpaired) electrons. The highest BCUT2D eigenvalue weighted by molar-refractivity contribution is 5.51. The second-order valence-electron chi connectivity index (χ2n) is 5.46. The van der Waals surface area contributed by atoms with Crippen LogP contribution >= 0.6 is 0 Å². The highest BCUT2D eigenvalue weighted by Gasteiger charge is 2.59. The predicted octanol–water partition coefficient (Wildman–Crippen LogP) is 0.192. The molecule has 1 aliphatic carbocycles. The average molecular weight is 322 g/mol. The van der Waals surface area contributed by atoms with Gasteiger partial charge >= 0.3 is 5.69 Å². The van der Waals surface area contributed by atoms with Crippen LogP contribution in [0.25, 0.3) is 11.4 Å². The molecule has 0 aliphatic heterocycles. The lowest BCUT2D eigenvalue weighted by atomic mass is 10.3. The average Bonchev–Trinajstić information content (AvgIpc) is 2.95. The molecule has 3 heterocycles. The van der Waals surface area contributed by atoms with Gasteiger partial charge in [0, 0.05) is 19.7 Å². The summed E-state index contributed by atoms with van der Waals surface area (Å²) in [6.45, 7) is 0.241. The first-order valence-corrected chi connectivity index (χ1v) is 6.88. The van der Waals surface area contributed by atoms with E-state index >= 15 is 0 Å². The Labute approximate surface area is 127 Å². The summed E-state index contributed by atoms with van der Waals surface area (Å²) in [7, 11) is 1.54. The molecule has 0 bridgehead atoms. The number of rotatable bonds is 4. The summed E-state index contributed by atoms with van der Waals surface area (Å²) in [5.74, 6) is -2.23. The minimum Gasteiger partial charge on any atom is -0.291 e. The molecule has 0 aromatic carbocycles. The van der Waals surface area contributed by atoms with Crippen molar-refractivity contribution in [2.24, 2.45) is 7.05 Å². The number of hydrogen-bond donors (Lipinski definition) is 1. The number of halogens is 2. The van der Waals surface area contributed by atoms with Crippen LogP contribution in [0.15, 0.2) is 23.3 Å². The molecule has 11 heteroatoms. The van der Waals surface area contributed by atoms with Crippen molar-refractivity contribution >= 4 is 0 Å². The molecule has 1 saturated carbocycles. The normalized spacial score (nSPS) is 19.2. The highest BCUT2D eigenvalue weighted by atomic mass is 19.3. The number of aryl methyl sites for hydroxylation is 1. The molecule has 3 aromatic rings. The second kappa shape index (κ2) is 4.57. The Morgan fingerprint density at radius 2 is 2.17 bits per heavy atom. The van der Waals surface area contributed by atoms with Gasteiger partial charge in [0.1, 0.15) is 24.0 Å². The second-order valence-corrected chi connectivity index (χ2v) is 5.46. The minimum absolute atomic E-state index is 0.187. The Morgan fingerprint density at radius 3 is 2.83 bits per heavy atom. The van der Waals surface area contributed by atoms with E-state index in [1.165, 1.54) is 27.3 Å². The smallest absolute Gasteiger partial charge is 0.291 e. The predicted molar refractivity (Wildman–Crippen MR) is 72.8 cm³/mol. The summed E-state index contributed by atoms with van der Waals surface area (Å²) in [6, 6.07) is 0.746. The lowest BCUT2D eigenvalue weighted by Crippen LogP contribution is -2.13. The van der Waals surface area contributed by atoms with Crippen LogP contribution in [0.5, 0.6) is 0 Å². The van der Waals surface area contributed by atoms with E-state index in [0.717, 1.165) is 0 Å². The van der Waals surface area contributed by atoms with Crippen molar-refractivity contribution in [2.45, 2.75) is 24.9 Å². The van der Waals surface area contributed by atoms with Crippen molar-refractivity contribution < 1.29 is 8.78 Å². The molecular weight excluding hydrogens is 310 g/mol. The van der Waals surface area contributed by atoms with Crippen molar-refractivity contribution in [1.29, 1.82) is 0 Å². The van der Waals surface area contributed by atoms with Crippen molar-refractivity contribution in [3.8, 4) is 11.4 Å². The minimum atomic E-state index is -2.67. The van der Waals surface area contributed by atoms with E-state index < -0.39 is 12.0 Å². The van der Waals surface area contributed by atoms with Crippen molar-refractivity contribution in [1.82, 2.24) is 39.5 Å². The summed E-state index contributed by atoms with van der Waals surface area (Å²) >= 11 is 0. The standard InChI is InChI=1S/C12H12F2N8O/c1-20-11(23)15-10(18-20)6-21-5-8(16-19-21)7-2-3-22(17-7)9-4-12(9,13)14/h2-3,5,9H,4,6H2,1H3,(H,15,18,23). The van der Waals surface area contributed by atoms with E-state index in [0.29, 0.717) is 17.2 Å². The van der Waals surface area contributed by atoms with Crippen LogP contribution in [0.2, 0.25) is 0 Å². The lowest BCUT2D eigenvalue weighted by molar-refractivity contribution is 0.0984. The molecule has 1 unspecified atom stereocenters. The van der Waals surface area contributed by atoms with E-state index in [2.05, 4.69) is 25.5 Å². The van der Waals surface area contributed by atoms with Crippen LogP contribution in [0.4, 0.5) is 8.78 Å². The van der Waals surface area contributed by atoms with Gasteiger partial charge in [0.2, 0.25) is 0 Å². The Kier molecular flexibility index (Phi) is 2.74. The van der Waals surface area contributed by atoms with Gasteiger partial charge in [0.05, 0.1) is 6.20 Å². The van der Waals surface area contributed by atoms with Gasteiger partial charge in [0.15, 0.2) is 5.82 Å². The fourth-order valence-corrected chi connectivity index (χ4v) is 2.31. The fourth-order valence-electron chi connectivity index (χ4n) is 2.31. The lowest BCUT2D eigenvalue weighted by Gasteiger charge is -1.97. The van der Waals surface area contributed by atoms with Gasteiger partial charge < -0.3 is 0 Å². The van der Waals surface area contributed by atoms with E-state index in [1.807, 2.05) is 0 Å². The quantitative estimate of drug-likeness (QED) is 0.739. The Morgan fingerprint density at radius 1 is 1.39 bits per heavy atom. The van der Waals surface area contributed by atoms with E-state index in [-0.39, 0.29) is 18.7 Å². The summed E-state index contributed by atoms with van der Waals surface area (Å²) in [4.78, 5) is 13.9. The molecule has 0 spiro atoms. The zero-order chi connectivity index (χ0) is 16.2. The third-order valence-corrected chi connectivity index (χ3v) is 3.65. The largest absolute Gasteiger partial charge is 0.343 e. The summed E-state index contributed by atoms with van der Waals surface area (Å²) < 4.78 is 30.0. The highest BCUT2D eigenvalue weighted by Crippen LogP contribution is 2.52. The first-order valence-electron chi connectivity index (χ1n) is 6.88. The Hall–Kier alpha value is -2.85. The molecule has 1 atom stereocenters. The first-order chi connectivity index (χ1) is 10.9. The summed E-state index contributed by atoms with van der Waals surface area (Å²) in [5.41, 5.74) is 0.615. The van der Waals surface area contributed by atoms with Gasteiger partial charge in [-0.25, -0.2) is 22.9 Å². The maximum Gasteiger partial charge on any atom is 0.343 e. The van der Waals surface area contributed by atoms with Gasteiger partial charge in [-0.2, -0.15) is 10.2 Å². The van der Waals surface area contributed by atoms with Crippen LogP contribution in [-0.4, -0.2) is 45.5 Å². The molecule has 3 aromatic heterocycles. The van der Waals surface area contributed by atoms with Crippen LogP contribution in [-0.2, 0) is 13.6 Å². The zero-order valence-corrected chi connectivity index (χ0v) is 12.0. The van der Waals surface area contributed by atoms with Crippen LogP contribution in [0.3, 0.4) is 0 Å². The monoisotopic (exact) mass is 322 g/mol. The fraction of sp³-hybridized carbons (Fsp3) is 0.417. The number of aromatic nitrogens is 8. The number of alkyl halides is 2. The number of nitrogens with zero attached hydrogens (tertiary/aromatic N) is 7. The van der Waals surface area contributed by atoms with E-state index in [1.54, 1.807) is 12.3 Å². The molecular formula is C12H12F2N8O. The van der Waals surface area contributed by atoms with Gasteiger partial charge in [-0.05, 0) is 6.07 Å². The molecule has 120 valence electrons. The van der Waals surface area contributed by atoms with Gasteiger partial charge in [0.25, 0.3) is 5.92 Å². The molecule has 1 N–H and O–H groups in total. The summed E-state index contributed by atoms with van der Waals surface area (Å²) in [6.07, 6.45) is 2.94. The molecule has 1 fully saturated rings. The number of nitrogens with one attached hydrogen (secondary N) is 1. The number of hydrogen-bond acceptors (Lipinski definition) is 5. The molecule has 0 saturated heterocycles. The van der Waals surface area contributed by atoms with Crippen molar-refractivity contribution in [2.75, 3.05) is 0 Å². The zero-order valence-electron chi connectivity index (χ0n) is 12.0.